The highest BCUT2D eigenvalue weighted by Crippen LogP contribution is 2.30. The number of carbonyl (C=O) groups excluding carboxylic acids is 1. The maximum Gasteiger partial charge on any atom is 0.260 e. The van der Waals surface area contributed by atoms with Gasteiger partial charge in [0, 0.05) is 45.0 Å². The monoisotopic (exact) mass is 433 g/mol. The number of ketones is 1. The van der Waals surface area contributed by atoms with Crippen molar-refractivity contribution >= 4 is 5.78 Å². The van der Waals surface area contributed by atoms with E-state index in [0.29, 0.717) is 43.1 Å². The van der Waals surface area contributed by atoms with Crippen molar-refractivity contribution in [2.45, 2.75) is 19.6 Å². The summed E-state index contributed by atoms with van der Waals surface area (Å²) in [6, 6.07) is 15.9. The molecular formula is C24H35NO6. The lowest BCUT2D eigenvalue weighted by Crippen LogP contribution is -2.40. The van der Waals surface area contributed by atoms with Gasteiger partial charge in [0.15, 0.2) is 0 Å². The summed E-state index contributed by atoms with van der Waals surface area (Å²) in [6.45, 7) is 5.99. The predicted molar refractivity (Wildman–Crippen MR) is 120 cm³/mol. The summed E-state index contributed by atoms with van der Waals surface area (Å²) in [7, 11) is 2.88. The van der Waals surface area contributed by atoms with E-state index in [9.17, 15) is 4.79 Å². The Morgan fingerprint density at radius 1 is 0.871 bits per heavy atom. The standard InChI is InChI=1S/C22H29NO6.C2H6/c1-27-22(28-2,19-6-4-3-5-7-19)21(26)18-8-10-20(11-9-18)29-17-14-23(12-15-24)13-16-25;1-2/h3-11,24-25H,12-17H2,1-2H3;1-2H3. The first-order chi connectivity index (χ1) is 15.1. The third kappa shape index (κ3) is 7.41. The molecule has 0 saturated heterocycles. The molecule has 7 nitrogen and oxygen atoms in total. The molecule has 0 aliphatic heterocycles. The number of carbonyl (C=O) groups is 1. The smallest absolute Gasteiger partial charge is 0.260 e. The zero-order valence-corrected chi connectivity index (χ0v) is 18.9. The molecule has 2 rings (SSSR count). The van der Waals surface area contributed by atoms with Crippen LogP contribution in [0.5, 0.6) is 5.75 Å². The van der Waals surface area contributed by atoms with Crippen LogP contribution in [0.15, 0.2) is 54.6 Å². The quantitative estimate of drug-likeness (QED) is 0.371. The summed E-state index contributed by atoms with van der Waals surface area (Å²) < 4.78 is 16.7. The van der Waals surface area contributed by atoms with Crippen LogP contribution in [0.25, 0.3) is 0 Å². The van der Waals surface area contributed by atoms with Gasteiger partial charge in [-0.3, -0.25) is 9.69 Å². The zero-order chi connectivity index (χ0) is 23.1. The number of ether oxygens (including phenoxy) is 3. The van der Waals surface area contributed by atoms with Gasteiger partial charge >= 0.3 is 0 Å². The van der Waals surface area contributed by atoms with Gasteiger partial charge in [-0.25, -0.2) is 0 Å². The lowest BCUT2D eigenvalue weighted by molar-refractivity contribution is -0.176. The first kappa shape index (κ1) is 26.7. The van der Waals surface area contributed by atoms with Gasteiger partial charge in [-0.05, 0) is 24.3 Å². The molecule has 0 atom stereocenters. The van der Waals surface area contributed by atoms with Crippen LogP contribution in [-0.4, -0.2) is 74.6 Å². The predicted octanol–water partition coefficient (Wildman–Crippen LogP) is 2.71. The van der Waals surface area contributed by atoms with E-state index in [1.807, 2.05) is 36.9 Å². The molecule has 0 saturated carbocycles. The molecule has 0 heterocycles. The van der Waals surface area contributed by atoms with E-state index >= 15 is 0 Å². The topological polar surface area (TPSA) is 88.5 Å². The van der Waals surface area contributed by atoms with Crippen molar-refractivity contribution in [2.24, 2.45) is 0 Å². The molecule has 0 aliphatic carbocycles. The number of hydrogen-bond acceptors (Lipinski definition) is 7. The van der Waals surface area contributed by atoms with Gasteiger partial charge in [0.05, 0.1) is 13.2 Å². The Morgan fingerprint density at radius 3 is 1.90 bits per heavy atom. The average Bonchev–Trinajstić information content (AvgIpc) is 2.83. The maximum atomic E-state index is 13.1. The minimum absolute atomic E-state index is 0.0268. The molecule has 0 spiro atoms. The number of aliphatic hydroxyl groups excluding tert-OH is 2. The van der Waals surface area contributed by atoms with Gasteiger partial charge in [-0.1, -0.05) is 44.2 Å². The van der Waals surface area contributed by atoms with E-state index in [0.717, 1.165) is 0 Å². The average molecular weight is 434 g/mol. The Hall–Kier alpha value is -2.29. The number of rotatable bonds is 13. The van der Waals surface area contributed by atoms with Gasteiger partial charge < -0.3 is 24.4 Å². The summed E-state index contributed by atoms with van der Waals surface area (Å²) in [6.07, 6.45) is 0. The van der Waals surface area contributed by atoms with Gasteiger partial charge in [0.2, 0.25) is 5.78 Å². The Bertz CT molecular complexity index is 725. The highest BCUT2D eigenvalue weighted by atomic mass is 16.7. The Kier molecular flexibility index (Phi) is 12.7. The highest BCUT2D eigenvalue weighted by Gasteiger charge is 2.41. The molecular weight excluding hydrogens is 398 g/mol. The molecule has 2 aromatic carbocycles. The first-order valence-electron chi connectivity index (χ1n) is 10.5. The van der Waals surface area contributed by atoms with E-state index in [2.05, 4.69) is 0 Å². The molecule has 0 aromatic heterocycles. The fourth-order valence-electron chi connectivity index (χ4n) is 3.10. The van der Waals surface area contributed by atoms with E-state index in [4.69, 9.17) is 24.4 Å². The largest absolute Gasteiger partial charge is 0.492 e. The van der Waals surface area contributed by atoms with E-state index in [1.54, 1.807) is 36.4 Å². The SMILES string of the molecule is CC.COC(OC)(C(=O)c1ccc(OCCN(CCO)CCO)cc1)c1ccccc1. The van der Waals surface area contributed by atoms with E-state index in [1.165, 1.54) is 14.2 Å². The number of benzene rings is 2. The first-order valence-corrected chi connectivity index (χ1v) is 10.5. The molecule has 31 heavy (non-hydrogen) atoms. The molecule has 0 bridgehead atoms. The van der Waals surface area contributed by atoms with Gasteiger partial charge in [-0.2, -0.15) is 0 Å². The maximum absolute atomic E-state index is 13.1. The number of hydrogen-bond donors (Lipinski definition) is 2. The van der Waals surface area contributed by atoms with E-state index in [-0.39, 0.29) is 19.0 Å². The van der Waals surface area contributed by atoms with Gasteiger partial charge in [0.25, 0.3) is 5.79 Å². The molecule has 0 amide bonds. The van der Waals surface area contributed by atoms with Crippen LogP contribution in [0.2, 0.25) is 0 Å². The minimum atomic E-state index is -1.52. The molecule has 0 radical (unpaired) electrons. The molecule has 0 unspecified atom stereocenters. The summed E-state index contributed by atoms with van der Waals surface area (Å²) in [4.78, 5) is 15.0. The third-order valence-corrected chi connectivity index (χ3v) is 4.65. The van der Waals surface area contributed by atoms with Crippen molar-refractivity contribution < 1.29 is 29.2 Å². The molecule has 2 aromatic rings. The second-order valence-electron chi connectivity index (χ2n) is 6.38. The number of Topliss-reactive ketones (excluding diaryl/α,β-unsaturated/α-hetero) is 1. The highest BCUT2D eigenvalue weighted by molar-refractivity contribution is 6.02. The molecule has 7 heteroatoms. The lowest BCUT2D eigenvalue weighted by atomic mass is 9.96. The van der Waals surface area contributed by atoms with Crippen molar-refractivity contribution in [3.8, 4) is 5.75 Å². The summed E-state index contributed by atoms with van der Waals surface area (Å²) in [5.41, 5.74) is 1.05. The van der Waals surface area contributed by atoms with Crippen molar-refractivity contribution in [2.75, 3.05) is 53.7 Å². The van der Waals surface area contributed by atoms with Gasteiger partial charge in [0.1, 0.15) is 12.4 Å². The Morgan fingerprint density at radius 2 is 1.42 bits per heavy atom. The van der Waals surface area contributed by atoms with Crippen LogP contribution in [0.3, 0.4) is 0 Å². The number of nitrogens with zero attached hydrogens (tertiary/aromatic N) is 1. The number of methoxy groups -OCH3 is 2. The van der Waals surface area contributed by atoms with Crippen LogP contribution in [-0.2, 0) is 15.3 Å². The normalized spacial score (nSPS) is 11.1. The molecule has 0 aliphatic rings. The minimum Gasteiger partial charge on any atom is -0.492 e. The molecule has 0 fully saturated rings. The summed E-state index contributed by atoms with van der Waals surface area (Å²) >= 11 is 0. The zero-order valence-electron chi connectivity index (χ0n) is 18.9. The van der Waals surface area contributed by atoms with Gasteiger partial charge in [-0.15, -0.1) is 0 Å². The second kappa shape index (κ2) is 14.7. The molecule has 172 valence electrons. The van der Waals surface area contributed by atoms with Crippen LogP contribution in [0.4, 0.5) is 0 Å². The number of aliphatic hydroxyl groups is 2. The van der Waals surface area contributed by atoms with E-state index < -0.39 is 5.79 Å². The van der Waals surface area contributed by atoms with Crippen LogP contribution >= 0.6 is 0 Å². The van der Waals surface area contributed by atoms with Crippen LogP contribution in [0.1, 0.15) is 29.8 Å². The van der Waals surface area contributed by atoms with Crippen molar-refractivity contribution in [1.82, 2.24) is 4.90 Å². The summed E-state index contributed by atoms with van der Waals surface area (Å²) in [5, 5.41) is 18.1. The van der Waals surface area contributed by atoms with Crippen molar-refractivity contribution in [3.63, 3.8) is 0 Å². The van der Waals surface area contributed by atoms with Crippen molar-refractivity contribution in [3.05, 3.63) is 65.7 Å². The lowest BCUT2D eigenvalue weighted by Gasteiger charge is -2.29. The summed E-state index contributed by atoms with van der Waals surface area (Å²) in [5.74, 6) is -1.20. The van der Waals surface area contributed by atoms with Crippen molar-refractivity contribution in [1.29, 1.82) is 0 Å². The third-order valence-electron chi connectivity index (χ3n) is 4.65. The van der Waals surface area contributed by atoms with Crippen LogP contribution in [0, 0.1) is 0 Å². The fraction of sp³-hybridized carbons (Fsp3) is 0.458. The van der Waals surface area contributed by atoms with Crippen LogP contribution < -0.4 is 4.74 Å². The fourth-order valence-corrected chi connectivity index (χ4v) is 3.10. The Balaban J connectivity index is 0.00000233. The molecule has 2 N–H and O–H groups in total. The second-order valence-corrected chi connectivity index (χ2v) is 6.38. The Labute approximate surface area is 185 Å².